The molecule has 3 rings (SSSR count). The number of aromatic hydroxyl groups is 1. The molecule has 0 aromatic heterocycles. The van der Waals surface area contributed by atoms with Crippen molar-refractivity contribution in [2.45, 2.75) is 25.9 Å². The maximum atomic E-state index is 10.4. The van der Waals surface area contributed by atoms with Crippen molar-refractivity contribution in [3.8, 4) is 11.5 Å². The molecule has 23 heavy (non-hydrogen) atoms. The first kappa shape index (κ1) is 15.8. The van der Waals surface area contributed by atoms with Crippen LogP contribution in [0.1, 0.15) is 29.7 Å². The second-order valence-corrected chi connectivity index (χ2v) is 5.81. The van der Waals surface area contributed by atoms with Crippen LogP contribution in [0, 0.1) is 0 Å². The molecule has 1 heterocycles. The van der Waals surface area contributed by atoms with Gasteiger partial charge in [0.2, 0.25) is 0 Å². The average Bonchev–Trinajstić information content (AvgIpc) is 2.58. The van der Waals surface area contributed by atoms with Gasteiger partial charge >= 0.3 is 0 Å². The van der Waals surface area contributed by atoms with E-state index in [1.807, 2.05) is 31.2 Å². The standard InChI is InChI=1S/C19H23NO3/c1-2-23-18-9-5-7-15(19(18)22)12-20-11-10-14-6-3-4-8-16(14)17(20)13-21/h3-9,17,21-22H,2,10-13H2,1H3. The number of aliphatic hydroxyl groups is 1. The third-order valence-electron chi connectivity index (χ3n) is 4.45. The smallest absolute Gasteiger partial charge is 0.162 e. The Bertz CT molecular complexity index is 671. The lowest BCUT2D eigenvalue weighted by Crippen LogP contribution is -2.36. The fraction of sp³-hybridized carbons (Fsp3) is 0.368. The zero-order chi connectivity index (χ0) is 16.2. The first-order valence-corrected chi connectivity index (χ1v) is 8.11. The molecule has 0 spiro atoms. The van der Waals surface area contributed by atoms with E-state index in [4.69, 9.17) is 4.74 Å². The van der Waals surface area contributed by atoms with Crippen LogP contribution in [0.3, 0.4) is 0 Å². The topological polar surface area (TPSA) is 52.9 Å². The van der Waals surface area contributed by atoms with Crippen molar-refractivity contribution in [1.29, 1.82) is 0 Å². The lowest BCUT2D eigenvalue weighted by molar-refractivity contribution is 0.107. The van der Waals surface area contributed by atoms with Crippen LogP contribution in [0.4, 0.5) is 0 Å². The molecular weight excluding hydrogens is 290 g/mol. The number of hydrogen-bond donors (Lipinski definition) is 2. The SMILES string of the molecule is CCOc1cccc(CN2CCc3ccccc3C2CO)c1O. The van der Waals surface area contributed by atoms with Gasteiger partial charge in [-0.2, -0.15) is 0 Å². The molecule has 0 bridgehead atoms. The number of aliphatic hydroxyl groups excluding tert-OH is 1. The van der Waals surface area contributed by atoms with Gasteiger partial charge in [0.05, 0.1) is 19.3 Å². The number of phenols is 1. The number of phenolic OH excluding ortho intramolecular Hbond substituents is 1. The van der Waals surface area contributed by atoms with Gasteiger partial charge in [0.1, 0.15) is 0 Å². The van der Waals surface area contributed by atoms with Crippen molar-refractivity contribution in [3.05, 3.63) is 59.2 Å². The molecule has 1 unspecified atom stereocenters. The van der Waals surface area contributed by atoms with Crippen molar-refractivity contribution in [2.24, 2.45) is 0 Å². The van der Waals surface area contributed by atoms with Gasteiger partial charge in [-0.15, -0.1) is 0 Å². The largest absolute Gasteiger partial charge is 0.504 e. The van der Waals surface area contributed by atoms with Gasteiger partial charge in [-0.1, -0.05) is 36.4 Å². The molecule has 0 saturated carbocycles. The van der Waals surface area contributed by atoms with Gasteiger partial charge in [0.15, 0.2) is 11.5 Å². The number of para-hydroxylation sites is 1. The molecule has 0 saturated heterocycles. The molecule has 0 fully saturated rings. The van der Waals surface area contributed by atoms with E-state index in [1.165, 1.54) is 11.1 Å². The van der Waals surface area contributed by atoms with Crippen LogP contribution in [0.25, 0.3) is 0 Å². The van der Waals surface area contributed by atoms with Crippen molar-refractivity contribution < 1.29 is 14.9 Å². The van der Waals surface area contributed by atoms with E-state index in [0.717, 1.165) is 18.5 Å². The lowest BCUT2D eigenvalue weighted by atomic mass is 9.92. The van der Waals surface area contributed by atoms with Crippen molar-refractivity contribution >= 4 is 0 Å². The monoisotopic (exact) mass is 313 g/mol. The normalized spacial score (nSPS) is 17.7. The maximum absolute atomic E-state index is 10.4. The molecule has 0 radical (unpaired) electrons. The molecule has 122 valence electrons. The van der Waals surface area contributed by atoms with Gasteiger partial charge in [-0.05, 0) is 30.5 Å². The van der Waals surface area contributed by atoms with E-state index in [9.17, 15) is 10.2 Å². The molecule has 1 atom stereocenters. The highest BCUT2D eigenvalue weighted by atomic mass is 16.5. The Morgan fingerprint density at radius 2 is 2.00 bits per heavy atom. The lowest BCUT2D eigenvalue weighted by Gasteiger charge is -2.36. The maximum Gasteiger partial charge on any atom is 0.162 e. The summed E-state index contributed by atoms with van der Waals surface area (Å²) >= 11 is 0. The highest BCUT2D eigenvalue weighted by Crippen LogP contribution is 2.35. The summed E-state index contributed by atoms with van der Waals surface area (Å²) in [6.07, 6.45) is 0.957. The van der Waals surface area contributed by atoms with Crippen LogP contribution in [0.5, 0.6) is 11.5 Å². The summed E-state index contributed by atoms with van der Waals surface area (Å²) in [6, 6.07) is 13.8. The van der Waals surface area contributed by atoms with Crippen LogP contribution in [0.15, 0.2) is 42.5 Å². The Kier molecular flexibility index (Phi) is 4.84. The second-order valence-electron chi connectivity index (χ2n) is 5.81. The molecule has 2 aromatic rings. The number of rotatable bonds is 5. The van der Waals surface area contributed by atoms with E-state index in [2.05, 4.69) is 17.0 Å². The molecule has 2 aromatic carbocycles. The van der Waals surface area contributed by atoms with E-state index in [-0.39, 0.29) is 18.4 Å². The summed E-state index contributed by atoms with van der Waals surface area (Å²) in [5.41, 5.74) is 3.31. The molecule has 1 aliphatic heterocycles. The Morgan fingerprint density at radius 1 is 1.17 bits per heavy atom. The first-order chi connectivity index (χ1) is 11.2. The summed E-state index contributed by atoms with van der Waals surface area (Å²) in [7, 11) is 0. The van der Waals surface area contributed by atoms with E-state index in [1.54, 1.807) is 6.07 Å². The minimum Gasteiger partial charge on any atom is -0.504 e. The van der Waals surface area contributed by atoms with Crippen molar-refractivity contribution in [1.82, 2.24) is 4.90 Å². The quantitative estimate of drug-likeness (QED) is 0.891. The van der Waals surface area contributed by atoms with Crippen molar-refractivity contribution in [3.63, 3.8) is 0 Å². The van der Waals surface area contributed by atoms with Crippen LogP contribution in [0.2, 0.25) is 0 Å². The van der Waals surface area contributed by atoms with E-state index in [0.29, 0.717) is 18.9 Å². The third-order valence-corrected chi connectivity index (χ3v) is 4.45. The third kappa shape index (κ3) is 3.19. The predicted octanol–water partition coefficient (Wildman–Crippen LogP) is 2.88. The average molecular weight is 313 g/mol. The van der Waals surface area contributed by atoms with Gasteiger partial charge < -0.3 is 14.9 Å². The van der Waals surface area contributed by atoms with Crippen LogP contribution in [-0.4, -0.2) is 34.9 Å². The molecule has 0 aliphatic carbocycles. The summed E-state index contributed by atoms with van der Waals surface area (Å²) in [5, 5.41) is 20.3. The Balaban J connectivity index is 1.85. The van der Waals surface area contributed by atoms with E-state index < -0.39 is 0 Å². The minimum atomic E-state index is -0.0323. The molecule has 0 amide bonds. The van der Waals surface area contributed by atoms with Gasteiger partial charge in [0.25, 0.3) is 0 Å². The highest BCUT2D eigenvalue weighted by Gasteiger charge is 2.27. The Morgan fingerprint density at radius 3 is 2.78 bits per heavy atom. The zero-order valence-corrected chi connectivity index (χ0v) is 13.4. The fourth-order valence-corrected chi connectivity index (χ4v) is 3.29. The summed E-state index contributed by atoms with van der Waals surface area (Å²) < 4.78 is 5.46. The molecule has 4 heteroatoms. The second kappa shape index (κ2) is 7.02. The highest BCUT2D eigenvalue weighted by molar-refractivity contribution is 5.45. The molecular formula is C19H23NO3. The number of fused-ring (bicyclic) bond motifs is 1. The fourth-order valence-electron chi connectivity index (χ4n) is 3.29. The molecule has 1 aliphatic rings. The van der Waals surface area contributed by atoms with Crippen molar-refractivity contribution in [2.75, 3.05) is 19.8 Å². The van der Waals surface area contributed by atoms with Crippen LogP contribution in [-0.2, 0) is 13.0 Å². The first-order valence-electron chi connectivity index (χ1n) is 8.11. The van der Waals surface area contributed by atoms with Crippen LogP contribution < -0.4 is 4.74 Å². The minimum absolute atomic E-state index is 0.0323. The molecule has 2 N–H and O–H groups in total. The zero-order valence-electron chi connectivity index (χ0n) is 13.4. The van der Waals surface area contributed by atoms with Gasteiger partial charge in [0, 0.05) is 18.7 Å². The Hall–Kier alpha value is -2.04. The summed E-state index contributed by atoms with van der Waals surface area (Å²) in [6.45, 7) is 3.94. The van der Waals surface area contributed by atoms with Gasteiger partial charge in [-0.3, -0.25) is 4.90 Å². The number of benzene rings is 2. The Labute approximate surface area is 136 Å². The number of ether oxygens (including phenoxy) is 1. The number of hydrogen-bond acceptors (Lipinski definition) is 4. The predicted molar refractivity (Wildman–Crippen MR) is 89.7 cm³/mol. The molecule has 4 nitrogen and oxygen atoms in total. The summed E-state index contributed by atoms with van der Waals surface area (Å²) in [4.78, 5) is 2.22. The van der Waals surface area contributed by atoms with Crippen LogP contribution >= 0.6 is 0 Å². The summed E-state index contributed by atoms with van der Waals surface area (Å²) in [5.74, 6) is 0.716. The van der Waals surface area contributed by atoms with E-state index >= 15 is 0 Å². The number of nitrogens with zero attached hydrogens (tertiary/aromatic N) is 1. The van der Waals surface area contributed by atoms with Gasteiger partial charge in [-0.25, -0.2) is 0 Å².